The highest BCUT2D eigenvalue weighted by atomic mass is 19.1. The molecule has 2 aromatic carbocycles. The Hall–Kier alpha value is -2.69. The van der Waals surface area contributed by atoms with E-state index in [2.05, 4.69) is 10.6 Å². The molecule has 2 rings (SSSR count). The smallest absolute Gasteiger partial charge is 0.309 e. The van der Waals surface area contributed by atoms with E-state index in [1.54, 1.807) is 18.2 Å². The summed E-state index contributed by atoms with van der Waals surface area (Å²) in [7, 11) is 0. The van der Waals surface area contributed by atoms with Gasteiger partial charge in [0.05, 0.1) is 0 Å². The van der Waals surface area contributed by atoms with Gasteiger partial charge in [-0.15, -0.1) is 0 Å². The second kappa shape index (κ2) is 7.93. The highest BCUT2D eigenvalue weighted by Crippen LogP contribution is 2.06. The Balaban J connectivity index is 1.73. The molecule has 0 unspecified atom stereocenters. The Kier molecular flexibility index (Phi) is 5.65. The third-order valence-corrected chi connectivity index (χ3v) is 3.14. The van der Waals surface area contributed by atoms with Gasteiger partial charge in [0, 0.05) is 13.1 Å². The molecule has 0 aliphatic carbocycles. The zero-order chi connectivity index (χ0) is 15.8. The van der Waals surface area contributed by atoms with E-state index < -0.39 is 11.8 Å². The number of rotatable bonds is 5. The summed E-state index contributed by atoms with van der Waals surface area (Å²) in [6.45, 7) is 0.499. The van der Waals surface area contributed by atoms with Gasteiger partial charge in [0.15, 0.2) is 0 Å². The molecule has 0 saturated carbocycles. The topological polar surface area (TPSA) is 58.2 Å². The first-order valence-corrected chi connectivity index (χ1v) is 7.00. The van der Waals surface area contributed by atoms with E-state index >= 15 is 0 Å². The summed E-state index contributed by atoms with van der Waals surface area (Å²) in [6.07, 6.45) is 0.338. The first-order chi connectivity index (χ1) is 10.7. The minimum Gasteiger partial charge on any atom is -0.348 e. The molecule has 5 heteroatoms. The zero-order valence-corrected chi connectivity index (χ0v) is 12.0. The third kappa shape index (κ3) is 4.70. The summed E-state index contributed by atoms with van der Waals surface area (Å²) in [5, 5.41) is 5.01. The Morgan fingerprint density at radius 1 is 0.864 bits per heavy atom. The molecule has 114 valence electrons. The molecule has 4 nitrogen and oxygen atoms in total. The van der Waals surface area contributed by atoms with Gasteiger partial charge < -0.3 is 10.6 Å². The number of nitrogens with one attached hydrogen (secondary N) is 2. The molecule has 0 spiro atoms. The van der Waals surface area contributed by atoms with Crippen molar-refractivity contribution in [1.29, 1.82) is 0 Å². The molecule has 0 aliphatic rings. The Labute approximate surface area is 128 Å². The molecular formula is C17H17FN2O2. The Morgan fingerprint density at radius 3 is 2.23 bits per heavy atom. The van der Waals surface area contributed by atoms with E-state index in [1.807, 2.05) is 30.3 Å². The number of carbonyl (C=O) groups excluding carboxylic acids is 2. The normalized spacial score (nSPS) is 10.0. The molecule has 0 heterocycles. The van der Waals surface area contributed by atoms with Crippen LogP contribution in [0.5, 0.6) is 0 Å². The van der Waals surface area contributed by atoms with Gasteiger partial charge in [0.1, 0.15) is 5.82 Å². The molecule has 22 heavy (non-hydrogen) atoms. The molecule has 0 aromatic heterocycles. The van der Waals surface area contributed by atoms with Gasteiger partial charge in [-0.25, -0.2) is 4.39 Å². The van der Waals surface area contributed by atoms with Crippen LogP contribution in [0.25, 0.3) is 0 Å². The number of carbonyl (C=O) groups is 2. The van der Waals surface area contributed by atoms with Crippen LogP contribution in [0.2, 0.25) is 0 Å². The quantitative estimate of drug-likeness (QED) is 0.827. The highest BCUT2D eigenvalue weighted by molar-refractivity contribution is 6.35. The Morgan fingerprint density at radius 2 is 1.50 bits per heavy atom. The van der Waals surface area contributed by atoms with E-state index in [9.17, 15) is 14.0 Å². The van der Waals surface area contributed by atoms with Crippen molar-refractivity contribution >= 4 is 11.8 Å². The zero-order valence-electron chi connectivity index (χ0n) is 12.0. The van der Waals surface area contributed by atoms with Crippen LogP contribution in [-0.4, -0.2) is 18.4 Å². The van der Waals surface area contributed by atoms with Crippen LogP contribution in [0.4, 0.5) is 4.39 Å². The monoisotopic (exact) mass is 300 g/mol. The van der Waals surface area contributed by atoms with Crippen molar-refractivity contribution in [3.8, 4) is 0 Å². The van der Waals surface area contributed by atoms with Crippen molar-refractivity contribution in [2.75, 3.05) is 6.54 Å². The fourth-order valence-electron chi connectivity index (χ4n) is 1.95. The van der Waals surface area contributed by atoms with Gasteiger partial charge in [-0.05, 0) is 23.6 Å². The molecule has 0 atom stereocenters. The van der Waals surface area contributed by atoms with E-state index in [4.69, 9.17) is 0 Å². The molecule has 0 fully saturated rings. The van der Waals surface area contributed by atoms with Crippen molar-refractivity contribution in [2.45, 2.75) is 13.0 Å². The molecule has 2 N–H and O–H groups in total. The van der Waals surface area contributed by atoms with Crippen molar-refractivity contribution in [3.63, 3.8) is 0 Å². The molecular weight excluding hydrogens is 283 g/mol. The maximum Gasteiger partial charge on any atom is 0.309 e. The fourth-order valence-corrected chi connectivity index (χ4v) is 1.95. The molecule has 2 aromatic rings. The molecule has 0 aliphatic heterocycles. The van der Waals surface area contributed by atoms with Crippen LogP contribution in [0, 0.1) is 5.82 Å². The molecule has 0 bridgehead atoms. The van der Waals surface area contributed by atoms with Crippen LogP contribution in [0.15, 0.2) is 54.6 Å². The van der Waals surface area contributed by atoms with Gasteiger partial charge in [-0.2, -0.15) is 0 Å². The van der Waals surface area contributed by atoms with Crippen LogP contribution < -0.4 is 10.6 Å². The summed E-state index contributed by atoms with van der Waals surface area (Å²) in [6, 6.07) is 15.7. The maximum absolute atomic E-state index is 13.4. The van der Waals surface area contributed by atoms with E-state index in [0.29, 0.717) is 18.5 Å². The molecule has 0 saturated heterocycles. The second-order valence-electron chi connectivity index (χ2n) is 4.77. The lowest BCUT2D eigenvalue weighted by Crippen LogP contribution is -2.40. The first-order valence-electron chi connectivity index (χ1n) is 7.00. The van der Waals surface area contributed by atoms with Gasteiger partial charge >= 0.3 is 11.8 Å². The van der Waals surface area contributed by atoms with Crippen LogP contribution in [-0.2, 0) is 22.6 Å². The van der Waals surface area contributed by atoms with Gasteiger partial charge in [-0.3, -0.25) is 9.59 Å². The standard InChI is InChI=1S/C17H17FN2O2/c18-15-9-5-4-8-14(15)10-11-19-16(21)17(22)20-12-13-6-2-1-3-7-13/h1-9H,10-12H2,(H,19,21)(H,20,22). The van der Waals surface area contributed by atoms with E-state index in [0.717, 1.165) is 5.56 Å². The SMILES string of the molecule is O=C(NCCc1ccccc1F)C(=O)NCc1ccccc1. The number of hydrogen-bond donors (Lipinski definition) is 2. The average molecular weight is 300 g/mol. The van der Waals surface area contributed by atoms with Crippen LogP contribution in [0.1, 0.15) is 11.1 Å². The summed E-state index contributed by atoms with van der Waals surface area (Å²) < 4.78 is 13.4. The third-order valence-electron chi connectivity index (χ3n) is 3.14. The first kappa shape index (κ1) is 15.7. The lowest BCUT2D eigenvalue weighted by molar-refractivity contribution is -0.139. The highest BCUT2D eigenvalue weighted by Gasteiger charge is 2.12. The van der Waals surface area contributed by atoms with E-state index in [1.165, 1.54) is 6.07 Å². The van der Waals surface area contributed by atoms with Crippen molar-refractivity contribution in [1.82, 2.24) is 10.6 Å². The predicted molar refractivity (Wildman–Crippen MR) is 81.4 cm³/mol. The van der Waals surface area contributed by atoms with Crippen molar-refractivity contribution < 1.29 is 14.0 Å². The van der Waals surface area contributed by atoms with E-state index in [-0.39, 0.29) is 12.4 Å². The largest absolute Gasteiger partial charge is 0.348 e. The average Bonchev–Trinajstić information content (AvgIpc) is 2.55. The van der Waals surface area contributed by atoms with Crippen LogP contribution in [0.3, 0.4) is 0 Å². The lowest BCUT2D eigenvalue weighted by atomic mass is 10.1. The number of amides is 2. The maximum atomic E-state index is 13.4. The lowest BCUT2D eigenvalue weighted by Gasteiger charge is -2.07. The van der Waals surface area contributed by atoms with Crippen LogP contribution >= 0.6 is 0 Å². The van der Waals surface area contributed by atoms with Gasteiger partial charge in [-0.1, -0.05) is 48.5 Å². The molecule has 0 radical (unpaired) electrons. The van der Waals surface area contributed by atoms with Crippen molar-refractivity contribution in [3.05, 3.63) is 71.5 Å². The Bertz CT molecular complexity index is 644. The van der Waals surface area contributed by atoms with Crippen molar-refractivity contribution in [2.24, 2.45) is 0 Å². The fraction of sp³-hybridized carbons (Fsp3) is 0.176. The second-order valence-corrected chi connectivity index (χ2v) is 4.77. The number of benzene rings is 2. The summed E-state index contributed by atoms with van der Waals surface area (Å²) in [5.41, 5.74) is 1.42. The molecule has 2 amide bonds. The predicted octanol–water partition coefficient (Wildman–Crippen LogP) is 1.80. The minimum atomic E-state index is -0.715. The summed E-state index contributed by atoms with van der Waals surface area (Å²) in [4.78, 5) is 23.3. The minimum absolute atomic E-state index is 0.207. The number of halogens is 1. The van der Waals surface area contributed by atoms with Gasteiger partial charge in [0.2, 0.25) is 0 Å². The van der Waals surface area contributed by atoms with Gasteiger partial charge in [0.25, 0.3) is 0 Å². The summed E-state index contributed by atoms with van der Waals surface area (Å²) in [5.74, 6) is -1.73. The number of hydrogen-bond acceptors (Lipinski definition) is 2. The summed E-state index contributed by atoms with van der Waals surface area (Å²) >= 11 is 0.